The number of nitrogens with zero attached hydrogens (tertiary/aromatic N) is 3. The van der Waals surface area contributed by atoms with Gasteiger partial charge in [0, 0.05) is 12.4 Å². The first-order valence-electron chi connectivity index (χ1n) is 5.04. The Bertz CT molecular complexity index is 700. The molecule has 0 N–H and O–H groups in total. The van der Waals surface area contributed by atoms with Gasteiger partial charge in [-0.3, -0.25) is 0 Å². The number of aryl methyl sites for hydroxylation is 2. The highest BCUT2D eigenvalue weighted by Crippen LogP contribution is 2.30. The predicted molar refractivity (Wildman–Crippen MR) is 65.8 cm³/mol. The summed E-state index contributed by atoms with van der Waals surface area (Å²) in [5.41, 5.74) is 4.16. The van der Waals surface area contributed by atoms with Crippen LogP contribution in [-0.2, 0) is 7.05 Å². The maximum absolute atomic E-state index is 6.10. The van der Waals surface area contributed by atoms with Gasteiger partial charge in [-0.15, -0.1) is 0 Å². The third-order valence-electron chi connectivity index (χ3n) is 2.88. The highest BCUT2D eigenvalue weighted by Gasteiger charge is 2.12. The van der Waals surface area contributed by atoms with Crippen molar-refractivity contribution >= 4 is 33.5 Å². The normalized spacial score (nSPS) is 11.4. The molecule has 0 atom stereocenters. The number of hydrogen-bond donors (Lipinski definition) is 0. The SMILES string of the molecule is Cc1ccc2c(c1)c1ncnc(Cl)c1n2C. The molecule has 80 valence electrons. The number of rotatable bonds is 0. The summed E-state index contributed by atoms with van der Waals surface area (Å²) in [5.74, 6) is 0. The summed E-state index contributed by atoms with van der Waals surface area (Å²) in [6.45, 7) is 2.07. The van der Waals surface area contributed by atoms with Gasteiger partial charge in [0.05, 0.1) is 5.52 Å². The van der Waals surface area contributed by atoms with Gasteiger partial charge < -0.3 is 4.57 Å². The summed E-state index contributed by atoms with van der Waals surface area (Å²) in [5, 5.41) is 1.63. The second kappa shape index (κ2) is 3.19. The molecule has 2 aromatic heterocycles. The molecule has 3 aromatic rings. The van der Waals surface area contributed by atoms with Crippen molar-refractivity contribution in [2.24, 2.45) is 7.05 Å². The molecule has 2 heterocycles. The van der Waals surface area contributed by atoms with Crippen LogP contribution in [-0.4, -0.2) is 14.5 Å². The van der Waals surface area contributed by atoms with Crippen molar-refractivity contribution in [2.45, 2.75) is 6.92 Å². The molecular weight excluding hydrogens is 222 g/mol. The maximum atomic E-state index is 6.10. The van der Waals surface area contributed by atoms with Crippen molar-refractivity contribution in [1.29, 1.82) is 0 Å². The van der Waals surface area contributed by atoms with Gasteiger partial charge in [0.1, 0.15) is 17.4 Å². The molecule has 0 aliphatic heterocycles. The second-order valence-corrected chi connectivity index (χ2v) is 4.30. The lowest BCUT2D eigenvalue weighted by atomic mass is 10.2. The quantitative estimate of drug-likeness (QED) is 0.557. The first-order valence-corrected chi connectivity index (χ1v) is 5.41. The van der Waals surface area contributed by atoms with Gasteiger partial charge in [-0.05, 0) is 19.1 Å². The lowest BCUT2D eigenvalue weighted by Gasteiger charge is -1.98. The van der Waals surface area contributed by atoms with Crippen molar-refractivity contribution in [3.05, 3.63) is 35.2 Å². The van der Waals surface area contributed by atoms with E-state index >= 15 is 0 Å². The van der Waals surface area contributed by atoms with Gasteiger partial charge in [0.2, 0.25) is 0 Å². The van der Waals surface area contributed by atoms with Gasteiger partial charge in [-0.25, -0.2) is 9.97 Å². The molecule has 3 rings (SSSR count). The van der Waals surface area contributed by atoms with Gasteiger partial charge in [-0.1, -0.05) is 23.2 Å². The van der Waals surface area contributed by atoms with Crippen molar-refractivity contribution in [2.75, 3.05) is 0 Å². The smallest absolute Gasteiger partial charge is 0.156 e. The number of benzene rings is 1. The molecule has 0 amide bonds. The predicted octanol–water partition coefficient (Wildman–Crippen LogP) is 3.08. The van der Waals surface area contributed by atoms with Crippen LogP contribution in [0.2, 0.25) is 5.15 Å². The Labute approximate surface area is 97.7 Å². The molecule has 0 saturated heterocycles. The van der Waals surface area contributed by atoms with Crippen LogP contribution in [0.1, 0.15) is 5.56 Å². The van der Waals surface area contributed by atoms with Crippen LogP contribution >= 0.6 is 11.6 Å². The van der Waals surface area contributed by atoms with E-state index in [1.54, 1.807) is 0 Å². The topological polar surface area (TPSA) is 30.7 Å². The summed E-state index contributed by atoms with van der Waals surface area (Å²) in [7, 11) is 1.98. The molecule has 0 saturated carbocycles. The fourth-order valence-electron chi connectivity index (χ4n) is 2.10. The Morgan fingerprint density at radius 3 is 2.88 bits per heavy atom. The van der Waals surface area contributed by atoms with Gasteiger partial charge in [0.15, 0.2) is 5.15 Å². The Balaban J connectivity index is 2.65. The lowest BCUT2D eigenvalue weighted by molar-refractivity contribution is 1.00. The highest BCUT2D eigenvalue weighted by atomic mass is 35.5. The number of halogens is 1. The van der Waals surface area contributed by atoms with Crippen LogP contribution in [0.3, 0.4) is 0 Å². The van der Waals surface area contributed by atoms with Crippen LogP contribution in [0.5, 0.6) is 0 Å². The zero-order valence-corrected chi connectivity index (χ0v) is 9.78. The molecule has 0 unspecified atom stereocenters. The fraction of sp³-hybridized carbons (Fsp3) is 0.167. The van der Waals surface area contributed by atoms with Crippen LogP contribution in [0, 0.1) is 6.92 Å². The minimum atomic E-state index is 0.501. The second-order valence-electron chi connectivity index (χ2n) is 3.94. The zero-order valence-electron chi connectivity index (χ0n) is 9.03. The van der Waals surface area contributed by atoms with Gasteiger partial charge in [-0.2, -0.15) is 0 Å². The summed E-state index contributed by atoms with van der Waals surface area (Å²) < 4.78 is 2.03. The number of hydrogen-bond acceptors (Lipinski definition) is 2. The summed E-state index contributed by atoms with van der Waals surface area (Å²) in [4.78, 5) is 8.34. The Morgan fingerprint density at radius 2 is 2.06 bits per heavy atom. The molecule has 1 aromatic carbocycles. The van der Waals surface area contributed by atoms with E-state index in [2.05, 4.69) is 35.1 Å². The standard InChI is InChI=1S/C12H10ClN3/c1-7-3-4-9-8(5-7)10-11(16(9)2)12(13)15-6-14-10/h3-6H,1-2H3. The largest absolute Gasteiger partial charge is 0.340 e. The van der Waals surface area contributed by atoms with E-state index in [1.165, 1.54) is 11.9 Å². The minimum absolute atomic E-state index is 0.501. The van der Waals surface area contributed by atoms with Crippen LogP contribution < -0.4 is 0 Å². The molecule has 0 bridgehead atoms. The van der Waals surface area contributed by atoms with Gasteiger partial charge in [0.25, 0.3) is 0 Å². The molecule has 0 radical (unpaired) electrons. The van der Waals surface area contributed by atoms with E-state index in [0.717, 1.165) is 21.9 Å². The average molecular weight is 232 g/mol. The average Bonchev–Trinajstić information content (AvgIpc) is 2.54. The first-order chi connectivity index (χ1) is 7.68. The number of aromatic nitrogens is 3. The molecule has 16 heavy (non-hydrogen) atoms. The Morgan fingerprint density at radius 1 is 1.25 bits per heavy atom. The first kappa shape index (κ1) is 9.60. The van der Waals surface area contributed by atoms with E-state index in [4.69, 9.17) is 11.6 Å². The maximum Gasteiger partial charge on any atom is 0.156 e. The van der Waals surface area contributed by atoms with Crippen LogP contribution in [0.25, 0.3) is 21.9 Å². The van der Waals surface area contributed by atoms with E-state index in [1.807, 2.05) is 11.6 Å². The summed E-state index contributed by atoms with van der Waals surface area (Å²) in [6, 6.07) is 6.30. The van der Waals surface area contributed by atoms with E-state index in [-0.39, 0.29) is 0 Å². The van der Waals surface area contributed by atoms with Crippen molar-refractivity contribution in [3.8, 4) is 0 Å². The molecule has 0 aliphatic carbocycles. The third kappa shape index (κ3) is 1.15. The van der Waals surface area contributed by atoms with Gasteiger partial charge >= 0.3 is 0 Å². The molecule has 0 spiro atoms. The number of fused-ring (bicyclic) bond motifs is 3. The molecule has 0 fully saturated rings. The molecule has 3 nitrogen and oxygen atoms in total. The van der Waals surface area contributed by atoms with Crippen molar-refractivity contribution in [1.82, 2.24) is 14.5 Å². The molecule has 4 heteroatoms. The fourth-order valence-corrected chi connectivity index (χ4v) is 2.36. The monoisotopic (exact) mass is 231 g/mol. The third-order valence-corrected chi connectivity index (χ3v) is 3.16. The van der Waals surface area contributed by atoms with E-state index < -0.39 is 0 Å². The van der Waals surface area contributed by atoms with Crippen LogP contribution in [0.15, 0.2) is 24.5 Å². The van der Waals surface area contributed by atoms with Crippen molar-refractivity contribution in [3.63, 3.8) is 0 Å². The molecule has 0 aliphatic rings. The van der Waals surface area contributed by atoms with E-state index in [0.29, 0.717) is 5.15 Å². The Kier molecular flexibility index (Phi) is 1.91. The zero-order chi connectivity index (χ0) is 11.3. The highest BCUT2D eigenvalue weighted by molar-refractivity contribution is 6.34. The minimum Gasteiger partial charge on any atom is -0.340 e. The van der Waals surface area contributed by atoms with Crippen molar-refractivity contribution < 1.29 is 0 Å². The van der Waals surface area contributed by atoms with E-state index in [9.17, 15) is 0 Å². The summed E-state index contributed by atoms with van der Waals surface area (Å²) in [6.07, 6.45) is 1.51. The lowest BCUT2D eigenvalue weighted by Crippen LogP contribution is -1.89. The molecular formula is C12H10ClN3. The summed E-state index contributed by atoms with van der Waals surface area (Å²) >= 11 is 6.10. The Hall–Kier alpha value is -1.61. The van der Waals surface area contributed by atoms with Crippen LogP contribution in [0.4, 0.5) is 0 Å².